The number of thiophene rings is 1. The molecular formula is C20H20N2OS. The van der Waals surface area contributed by atoms with Gasteiger partial charge in [-0.05, 0) is 42.7 Å². The molecule has 0 fully saturated rings. The fourth-order valence-electron chi connectivity index (χ4n) is 2.71. The number of aromatic nitrogens is 1. The summed E-state index contributed by atoms with van der Waals surface area (Å²) >= 11 is 1.55. The second kappa shape index (κ2) is 7.41. The molecule has 3 nitrogen and oxygen atoms in total. The number of carbonyl (C=O) groups excluding carboxylic acids is 1. The second-order valence-corrected chi connectivity index (χ2v) is 6.87. The van der Waals surface area contributed by atoms with Gasteiger partial charge in [-0.3, -0.25) is 9.78 Å². The molecule has 122 valence electrons. The minimum Gasteiger partial charge on any atom is -0.339 e. The van der Waals surface area contributed by atoms with Crippen LogP contribution in [0.15, 0.2) is 60.8 Å². The van der Waals surface area contributed by atoms with Crippen LogP contribution < -0.4 is 5.32 Å². The van der Waals surface area contributed by atoms with Crippen molar-refractivity contribution >= 4 is 17.2 Å². The number of rotatable bonds is 5. The van der Waals surface area contributed by atoms with E-state index in [4.69, 9.17) is 0 Å². The van der Waals surface area contributed by atoms with Crippen molar-refractivity contribution in [3.8, 4) is 0 Å². The van der Waals surface area contributed by atoms with E-state index < -0.39 is 0 Å². The van der Waals surface area contributed by atoms with Gasteiger partial charge in [-0.15, -0.1) is 11.3 Å². The Kier molecular flexibility index (Phi) is 5.06. The van der Waals surface area contributed by atoms with Crippen LogP contribution in [0.1, 0.15) is 44.3 Å². The number of nitrogens with zero attached hydrogens (tertiary/aromatic N) is 1. The number of pyridine rings is 1. The summed E-state index contributed by atoms with van der Waals surface area (Å²) in [6, 6.07) is 17.4. The van der Waals surface area contributed by atoms with Crippen molar-refractivity contribution in [1.29, 1.82) is 0 Å². The number of amides is 1. The largest absolute Gasteiger partial charge is 0.339 e. The lowest BCUT2D eigenvalue weighted by Crippen LogP contribution is -2.29. The molecule has 1 N–H and O–H groups in total. The zero-order chi connectivity index (χ0) is 16.9. The van der Waals surface area contributed by atoms with Gasteiger partial charge in [-0.1, -0.05) is 43.3 Å². The average Bonchev–Trinajstić information content (AvgIpc) is 3.02. The summed E-state index contributed by atoms with van der Waals surface area (Å²) in [5.74, 6) is -0.0534. The van der Waals surface area contributed by atoms with E-state index in [0.717, 1.165) is 22.6 Å². The monoisotopic (exact) mass is 336 g/mol. The number of hydrogen-bond donors (Lipinski definition) is 1. The molecule has 0 saturated carbocycles. The van der Waals surface area contributed by atoms with Crippen molar-refractivity contribution in [2.45, 2.75) is 26.3 Å². The Morgan fingerprint density at radius 2 is 1.92 bits per heavy atom. The van der Waals surface area contributed by atoms with E-state index in [2.05, 4.69) is 24.1 Å². The first-order valence-electron chi connectivity index (χ1n) is 8.05. The zero-order valence-electron chi connectivity index (χ0n) is 13.8. The highest BCUT2D eigenvalue weighted by Gasteiger charge is 2.20. The SMILES string of the molecule is CCc1cc(C(=O)NC(c2ccccc2)c2ccccn2)sc1C. The second-order valence-electron chi connectivity index (χ2n) is 5.62. The predicted octanol–water partition coefficient (Wildman–Crippen LogP) is 4.53. The highest BCUT2D eigenvalue weighted by Crippen LogP contribution is 2.25. The third kappa shape index (κ3) is 3.54. The topological polar surface area (TPSA) is 42.0 Å². The fourth-order valence-corrected chi connectivity index (χ4v) is 3.72. The summed E-state index contributed by atoms with van der Waals surface area (Å²) in [4.78, 5) is 19.1. The van der Waals surface area contributed by atoms with E-state index in [1.54, 1.807) is 17.5 Å². The Morgan fingerprint density at radius 3 is 2.54 bits per heavy atom. The summed E-state index contributed by atoms with van der Waals surface area (Å²) in [5, 5.41) is 3.14. The minimum atomic E-state index is -0.257. The summed E-state index contributed by atoms with van der Waals surface area (Å²) < 4.78 is 0. The zero-order valence-corrected chi connectivity index (χ0v) is 14.6. The highest BCUT2D eigenvalue weighted by molar-refractivity contribution is 7.14. The Balaban J connectivity index is 1.90. The van der Waals surface area contributed by atoms with Gasteiger partial charge >= 0.3 is 0 Å². The Morgan fingerprint density at radius 1 is 1.17 bits per heavy atom. The summed E-state index contributed by atoms with van der Waals surface area (Å²) in [7, 11) is 0. The van der Waals surface area contributed by atoms with E-state index >= 15 is 0 Å². The Hall–Kier alpha value is -2.46. The quantitative estimate of drug-likeness (QED) is 0.743. The van der Waals surface area contributed by atoms with E-state index in [0.29, 0.717) is 0 Å². The van der Waals surface area contributed by atoms with Crippen LogP contribution in [-0.4, -0.2) is 10.9 Å². The van der Waals surface area contributed by atoms with Crippen molar-refractivity contribution in [3.63, 3.8) is 0 Å². The third-order valence-electron chi connectivity index (χ3n) is 4.02. The standard InChI is InChI=1S/C20H20N2OS/c1-3-15-13-18(24-14(15)2)20(23)22-19(16-9-5-4-6-10-16)17-11-7-8-12-21-17/h4-13,19H,3H2,1-2H3,(H,22,23). The van der Waals surface area contributed by atoms with Gasteiger partial charge in [0.25, 0.3) is 5.91 Å². The van der Waals surface area contributed by atoms with Crippen molar-refractivity contribution < 1.29 is 4.79 Å². The average molecular weight is 336 g/mol. The van der Waals surface area contributed by atoms with Gasteiger partial charge in [0, 0.05) is 11.1 Å². The molecule has 0 aliphatic rings. The van der Waals surface area contributed by atoms with Crippen molar-refractivity contribution in [2.75, 3.05) is 0 Å². The molecule has 4 heteroatoms. The van der Waals surface area contributed by atoms with Gasteiger partial charge in [0.05, 0.1) is 16.6 Å². The number of nitrogens with one attached hydrogen (secondary N) is 1. The molecule has 2 heterocycles. The molecule has 0 radical (unpaired) electrons. The van der Waals surface area contributed by atoms with Crippen molar-refractivity contribution in [2.24, 2.45) is 0 Å². The first kappa shape index (κ1) is 16.4. The number of hydrogen-bond acceptors (Lipinski definition) is 3. The molecule has 0 aliphatic carbocycles. The van der Waals surface area contributed by atoms with Crippen LogP contribution in [0.2, 0.25) is 0 Å². The third-order valence-corrected chi connectivity index (χ3v) is 5.11. The molecule has 1 aromatic carbocycles. The van der Waals surface area contributed by atoms with Gasteiger partial charge in [0.2, 0.25) is 0 Å². The Labute approximate surface area is 146 Å². The molecule has 0 bridgehead atoms. The Bertz CT molecular complexity index is 773. The molecule has 0 aliphatic heterocycles. The highest BCUT2D eigenvalue weighted by atomic mass is 32.1. The van der Waals surface area contributed by atoms with Crippen LogP contribution in [0.25, 0.3) is 0 Å². The molecule has 0 saturated heterocycles. The molecule has 1 unspecified atom stereocenters. The van der Waals surface area contributed by atoms with Crippen LogP contribution in [0.4, 0.5) is 0 Å². The first-order chi connectivity index (χ1) is 11.7. The van der Waals surface area contributed by atoms with Gasteiger partial charge < -0.3 is 5.32 Å². The van der Waals surface area contributed by atoms with Crippen LogP contribution in [-0.2, 0) is 6.42 Å². The van der Waals surface area contributed by atoms with E-state index in [-0.39, 0.29) is 11.9 Å². The summed E-state index contributed by atoms with van der Waals surface area (Å²) in [6.45, 7) is 4.17. The fraction of sp³-hybridized carbons (Fsp3) is 0.200. The minimum absolute atomic E-state index is 0.0534. The van der Waals surface area contributed by atoms with E-state index in [1.165, 1.54) is 10.4 Å². The molecule has 1 amide bonds. The van der Waals surface area contributed by atoms with Crippen LogP contribution in [0.3, 0.4) is 0 Å². The lowest BCUT2D eigenvalue weighted by atomic mass is 10.0. The van der Waals surface area contributed by atoms with Gasteiger partial charge in [0.1, 0.15) is 0 Å². The van der Waals surface area contributed by atoms with Gasteiger partial charge in [-0.25, -0.2) is 0 Å². The number of aryl methyl sites for hydroxylation is 2. The van der Waals surface area contributed by atoms with E-state index in [9.17, 15) is 4.79 Å². The smallest absolute Gasteiger partial charge is 0.262 e. The number of carbonyl (C=O) groups is 1. The van der Waals surface area contributed by atoms with Crippen molar-refractivity contribution in [1.82, 2.24) is 10.3 Å². The number of benzene rings is 1. The van der Waals surface area contributed by atoms with E-state index in [1.807, 2.05) is 54.6 Å². The predicted molar refractivity (Wildman–Crippen MR) is 98.4 cm³/mol. The van der Waals surface area contributed by atoms with Gasteiger partial charge in [0.15, 0.2) is 0 Å². The molecule has 24 heavy (non-hydrogen) atoms. The van der Waals surface area contributed by atoms with Crippen LogP contribution >= 0.6 is 11.3 Å². The maximum Gasteiger partial charge on any atom is 0.262 e. The molecule has 3 rings (SSSR count). The lowest BCUT2D eigenvalue weighted by Gasteiger charge is -2.18. The van der Waals surface area contributed by atoms with Crippen LogP contribution in [0, 0.1) is 6.92 Å². The normalized spacial score (nSPS) is 11.9. The molecule has 2 aromatic heterocycles. The first-order valence-corrected chi connectivity index (χ1v) is 8.86. The van der Waals surface area contributed by atoms with Crippen LogP contribution in [0.5, 0.6) is 0 Å². The van der Waals surface area contributed by atoms with Gasteiger partial charge in [-0.2, -0.15) is 0 Å². The van der Waals surface area contributed by atoms with Crippen molar-refractivity contribution in [3.05, 3.63) is 87.4 Å². The summed E-state index contributed by atoms with van der Waals surface area (Å²) in [6.07, 6.45) is 2.69. The molecular weight excluding hydrogens is 316 g/mol. The molecule has 1 atom stereocenters. The molecule has 0 spiro atoms. The maximum absolute atomic E-state index is 12.8. The summed E-state index contributed by atoms with van der Waals surface area (Å²) in [5.41, 5.74) is 3.09. The maximum atomic E-state index is 12.8. The molecule has 3 aromatic rings. The lowest BCUT2D eigenvalue weighted by molar-refractivity contribution is 0.0946.